The molecule has 2 aromatic rings. The minimum Gasteiger partial charge on any atom is -0.462 e. The van der Waals surface area contributed by atoms with E-state index in [2.05, 4.69) is 15.7 Å². The number of anilines is 1. The van der Waals surface area contributed by atoms with Crippen LogP contribution in [0.2, 0.25) is 0 Å². The van der Waals surface area contributed by atoms with Gasteiger partial charge in [-0.1, -0.05) is 25.1 Å². The summed E-state index contributed by atoms with van der Waals surface area (Å²) in [6.45, 7) is 4.47. The summed E-state index contributed by atoms with van der Waals surface area (Å²) in [4.78, 5) is 24.0. The Kier molecular flexibility index (Phi) is 5.74. The van der Waals surface area contributed by atoms with Gasteiger partial charge in [-0.15, -0.1) is 0 Å². The first-order valence-electron chi connectivity index (χ1n) is 7.52. The maximum absolute atomic E-state index is 12.1. The Morgan fingerprint density at radius 1 is 1.22 bits per heavy atom. The standard InChI is InChI=1S/C16H20N4O3/c1-3-10-17-16(22)19-14-13(15(21)23-4-2)11-18-20(14)12-8-6-5-7-9-12/h5-9,11H,3-4,10H2,1-2H3,(H2,17,19,22). The molecule has 1 aromatic heterocycles. The highest BCUT2D eigenvalue weighted by Gasteiger charge is 2.21. The van der Waals surface area contributed by atoms with Crippen molar-refractivity contribution in [3.8, 4) is 5.69 Å². The quantitative estimate of drug-likeness (QED) is 0.802. The van der Waals surface area contributed by atoms with Gasteiger partial charge < -0.3 is 10.1 Å². The normalized spacial score (nSPS) is 10.2. The average molecular weight is 316 g/mol. The zero-order valence-electron chi connectivity index (χ0n) is 13.2. The maximum atomic E-state index is 12.1. The maximum Gasteiger partial charge on any atom is 0.343 e. The molecule has 2 rings (SSSR count). The molecule has 7 nitrogen and oxygen atoms in total. The molecule has 2 amide bonds. The van der Waals surface area contributed by atoms with Gasteiger partial charge in [-0.2, -0.15) is 5.10 Å². The number of hydrogen-bond donors (Lipinski definition) is 2. The van der Waals surface area contributed by atoms with Crippen LogP contribution in [0.3, 0.4) is 0 Å². The number of carbonyl (C=O) groups excluding carboxylic acids is 2. The van der Waals surface area contributed by atoms with Crippen LogP contribution < -0.4 is 10.6 Å². The molecule has 0 fully saturated rings. The molecule has 0 saturated heterocycles. The van der Waals surface area contributed by atoms with Crippen molar-refractivity contribution in [2.45, 2.75) is 20.3 Å². The fourth-order valence-electron chi connectivity index (χ4n) is 1.98. The molecule has 0 radical (unpaired) electrons. The fraction of sp³-hybridized carbons (Fsp3) is 0.312. The van der Waals surface area contributed by atoms with E-state index < -0.39 is 12.0 Å². The van der Waals surface area contributed by atoms with E-state index in [0.717, 1.165) is 12.1 Å². The van der Waals surface area contributed by atoms with Gasteiger partial charge in [0.1, 0.15) is 5.56 Å². The molecule has 0 bridgehead atoms. The Morgan fingerprint density at radius 3 is 2.61 bits per heavy atom. The molecule has 1 heterocycles. The number of nitrogens with one attached hydrogen (secondary N) is 2. The number of esters is 1. The third kappa shape index (κ3) is 4.09. The fourth-order valence-corrected chi connectivity index (χ4v) is 1.98. The lowest BCUT2D eigenvalue weighted by atomic mass is 10.3. The largest absolute Gasteiger partial charge is 0.462 e. The molecule has 0 spiro atoms. The first-order chi connectivity index (χ1) is 11.2. The molecule has 0 aliphatic rings. The highest BCUT2D eigenvalue weighted by molar-refractivity contribution is 6.00. The van der Waals surface area contributed by atoms with Crippen molar-refractivity contribution in [3.63, 3.8) is 0 Å². The second kappa shape index (κ2) is 7.98. The summed E-state index contributed by atoms with van der Waals surface area (Å²) in [5.41, 5.74) is 0.941. The second-order valence-electron chi connectivity index (χ2n) is 4.76. The SMILES string of the molecule is CCCNC(=O)Nc1c(C(=O)OCC)cnn1-c1ccccc1. The minimum absolute atomic E-state index is 0.211. The van der Waals surface area contributed by atoms with Gasteiger partial charge in [0, 0.05) is 6.54 Å². The van der Waals surface area contributed by atoms with Crippen LogP contribution in [0.15, 0.2) is 36.5 Å². The van der Waals surface area contributed by atoms with Crippen molar-refractivity contribution >= 4 is 17.8 Å². The summed E-state index contributed by atoms with van der Waals surface area (Å²) in [5, 5.41) is 9.58. The highest BCUT2D eigenvalue weighted by atomic mass is 16.5. The van der Waals surface area contributed by atoms with E-state index >= 15 is 0 Å². The number of para-hydroxylation sites is 1. The second-order valence-corrected chi connectivity index (χ2v) is 4.76. The molecule has 0 saturated carbocycles. The summed E-state index contributed by atoms with van der Waals surface area (Å²) in [6.07, 6.45) is 2.20. The van der Waals surface area contributed by atoms with Gasteiger partial charge in [-0.3, -0.25) is 5.32 Å². The lowest BCUT2D eigenvalue weighted by Crippen LogP contribution is -2.30. The summed E-state index contributed by atoms with van der Waals surface area (Å²) in [5.74, 6) is -0.247. The molecular weight excluding hydrogens is 296 g/mol. The molecule has 7 heteroatoms. The molecule has 23 heavy (non-hydrogen) atoms. The molecular formula is C16H20N4O3. The van der Waals surface area contributed by atoms with E-state index in [4.69, 9.17) is 4.74 Å². The third-order valence-corrected chi connectivity index (χ3v) is 3.03. The van der Waals surface area contributed by atoms with Crippen LogP contribution in [-0.2, 0) is 4.74 Å². The predicted molar refractivity (Wildman–Crippen MR) is 86.8 cm³/mol. The number of nitrogens with zero attached hydrogens (tertiary/aromatic N) is 2. The van der Waals surface area contributed by atoms with Crippen LogP contribution in [0.25, 0.3) is 5.69 Å². The lowest BCUT2D eigenvalue weighted by molar-refractivity contribution is 0.0527. The van der Waals surface area contributed by atoms with E-state index in [9.17, 15) is 9.59 Å². The number of hydrogen-bond acceptors (Lipinski definition) is 4. The van der Waals surface area contributed by atoms with Crippen LogP contribution in [0.5, 0.6) is 0 Å². The number of benzene rings is 1. The Morgan fingerprint density at radius 2 is 1.96 bits per heavy atom. The number of amides is 2. The van der Waals surface area contributed by atoms with Crippen molar-refractivity contribution in [3.05, 3.63) is 42.1 Å². The van der Waals surface area contributed by atoms with Crippen LogP contribution >= 0.6 is 0 Å². The van der Waals surface area contributed by atoms with Crippen molar-refractivity contribution in [1.29, 1.82) is 0 Å². The molecule has 0 unspecified atom stereocenters. The van der Waals surface area contributed by atoms with Gasteiger partial charge in [0.15, 0.2) is 5.82 Å². The number of urea groups is 1. The van der Waals surface area contributed by atoms with Gasteiger partial charge in [0.05, 0.1) is 18.5 Å². The zero-order chi connectivity index (χ0) is 16.7. The summed E-state index contributed by atoms with van der Waals surface area (Å²) >= 11 is 0. The van der Waals surface area contributed by atoms with Crippen LogP contribution in [0.4, 0.5) is 10.6 Å². The number of ether oxygens (including phenoxy) is 1. The number of aromatic nitrogens is 2. The molecule has 0 atom stereocenters. The average Bonchev–Trinajstić information content (AvgIpc) is 2.97. The third-order valence-electron chi connectivity index (χ3n) is 3.03. The van der Waals surface area contributed by atoms with E-state index in [1.54, 1.807) is 6.92 Å². The van der Waals surface area contributed by atoms with Crippen molar-refractivity contribution < 1.29 is 14.3 Å². The first kappa shape index (κ1) is 16.5. The Labute approximate surface area is 134 Å². The Bertz CT molecular complexity index is 667. The van der Waals surface area contributed by atoms with E-state index in [1.165, 1.54) is 10.9 Å². The minimum atomic E-state index is -0.527. The van der Waals surface area contributed by atoms with Crippen molar-refractivity contribution in [2.24, 2.45) is 0 Å². The van der Waals surface area contributed by atoms with Gasteiger partial charge in [-0.25, -0.2) is 14.3 Å². The monoisotopic (exact) mass is 316 g/mol. The lowest BCUT2D eigenvalue weighted by Gasteiger charge is -2.11. The van der Waals surface area contributed by atoms with Crippen LogP contribution in [-0.4, -0.2) is 34.9 Å². The van der Waals surface area contributed by atoms with E-state index in [0.29, 0.717) is 6.54 Å². The zero-order valence-corrected chi connectivity index (χ0v) is 13.2. The van der Waals surface area contributed by atoms with Crippen molar-refractivity contribution in [1.82, 2.24) is 15.1 Å². The van der Waals surface area contributed by atoms with Gasteiger partial charge in [0.2, 0.25) is 0 Å². The first-order valence-corrected chi connectivity index (χ1v) is 7.52. The smallest absolute Gasteiger partial charge is 0.343 e. The Hall–Kier alpha value is -2.83. The highest BCUT2D eigenvalue weighted by Crippen LogP contribution is 2.21. The number of rotatable bonds is 6. The molecule has 2 N–H and O–H groups in total. The Balaban J connectivity index is 2.35. The van der Waals surface area contributed by atoms with Crippen LogP contribution in [0, 0.1) is 0 Å². The summed E-state index contributed by atoms with van der Waals surface area (Å²) in [6, 6.07) is 8.84. The molecule has 0 aliphatic heterocycles. The summed E-state index contributed by atoms with van der Waals surface area (Å²) in [7, 11) is 0. The molecule has 0 aliphatic carbocycles. The van der Waals surface area contributed by atoms with Gasteiger partial charge in [0.25, 0.3) is 0 Å². The topological polar surface area (TPSA) is 85.2 Å². The molecule has 1 aromatic carbocycles. The summed E-state index contributed by atoms with van der Waals surface area (Å²) < 4.78 is 6.51. The molecule has 122 valence electrons. The van der Waals surface area contributed by atoms with Crippen LogP contribution in [0.1, 0.15) is 30.6 Å². The van der Waals surface area contributed by atoms with Gasteiger partial charge >= 0.3 is 12.0 Å². The predicted octanol–water partition coefficient (Wildman–Crippen LogP) is 2.58. The van der Waals surface area contributed by atoms with E-state index in [1.807, 2.05) is 37.3 Å². The van der Waals surface area contributed by atoms with Gasteiger partial charge in [-0.05, 0) is 25.5 Å². The van der Waals surface area contributed by atoms with E-state index in [-0.39, 0.29) is 18.0 Å². The van der Waals surface area contributed by atoms with Crippen molar-refractivity contribution in [2.75, 3.05) is 18.5 Å². The number of carbonyl (C=O) groups is 2.